The minimum Gasteiger partial charge on any atom is -0.455 e. The van der Waals surface area contributed by atoms with E-state index in [0.29, 0.717) is 17.5 Å². The fourth-order valence-corrected chi connectivity index (χ4v) is 8.02. The summed E-state index contributed by atoms with van der Waals surface area (Å²) in [5.74, 6) is 1.79. The van der Waals surface area contributed by atoms with Crippen LogP contribution in [0.15, 0.2) is 168 Å². The Balaban J connectivity index is 1.18. The van der Waals surface area contributed by atoms with Crippen LogP contribution in [0.4, 0.5) is 0 Å². The van der Waals surface area contributed by atoms with E-state index in [2.05, 4.69) is 127 Å². The van der Waals surface area contributed by atoms with Gasteiger partial charge >= 0.3 is 0 Å². The topological polar surface area (TPSA) is 51.8 Å². The highest BCUT2D eigenvalue weighted by molar-refractivity contribution is 7.25. The van der Waals surface area contributed by atoms with Gasteiger partial charge in [0.1, 0.15) is 11.2 Å². The molecule has 4 nitrogen and oxygen atoms in total. The van der Waals surface area contributed by atoms with Gasteiger partial charge in [-0.05, 0) is 58.7 Å². The van der Waals surface area contributed by atoms with Gasteiger partial charge in [-0.15, -0.1) is 11.3 Å². The lowest BCUT2D eigenvalue weighted by atomic mass is 9.96. The van der Waals surface area contributed by atoms with Crippen molar-refractivity contribution in [3.8, 4) is 56.4 Å². The van der Waals surface area contributed by atoms with Gasteiger partial charge in [0.2, 0.25) is 0 Å². The monoisotopic (exact) mass is 657 g/mol. The molecule has 0 amide bonds. The van der Waals surface area contributed by atoms with Crippen molar-refractivity contribution in [2.45, 2.75) is 0 Å². The summed E-state index contributed by atoms with van der Waals surface area (Å²) < 4.78 is 8.97. The molecule has 0 N–H and O–H groups in total. The first kappa shape index (κ1) is 28.6. The number of benzene rings is 7. The van der Waals surface area contributed by atoms with Gasteiger partial charge < -0.3 is 4.42 Å². The third kappa shape index (κ3) is 4.79. The summed E-state index contributed by atoms with van der Waals surface area (Å²) in [6.45, 7) is 0. The van der Waals surface area contributed by atoms with E-state index in [0.717, 1.165) is 49.8 Å². The van der Waals surface area contributed by atoms with Crippen LogP contribution in [0, 0.1) is 0 Å². The number of hydrogen-bond donors (Lipinski definition) is 0. The van der Waals surface area contributed by atoms with E-state index in [4.69, 9.17) is 19.4 Å². The lowest BCUT2D eigenvalue weighted by molar-refractivity contribution is 0.669. The van der Waals surface area contributed by atoms with Crippen LogP contribution >= 0.6 is 11.3 Å². The zero-order valence-corrected chi connectivity index (χ0v) is 27.6. The Morgan fingerprint density at radius 3 is 1.80 bits per heavy atom. The van der Waals surface area contributed by atoms with Crippen molar-refractivity contribution in [1.82, 2.24) is 15.0 Å². The minimum absolute atomic E-state index is 0.569. The highest BCUT2D eigenvalue weighted by Gasteiger charge is 2.20. The molecule has 0 saturated heterocycles. The fourth-order valence-electron chi connectivity index (χ4n) is 6.94. The zero-order valence-electron chi connectivity index (χ0n) is 26.7. The van der Waals surface area contributed by atoms with Crippen molar-refractivity contribution >= 4 is 53.4 Å². The first-order chi connectivity index (χ1) is 24.8. The van der Waals surface area contributed by atoms with Gasteiger partial charge in [-0.2, -0.15) is 0 Å². The van der Waals surface area contributed by atoms with Crippen LogP contribution in [0.3, 0.4) is 0 Å². The summed E-state index contributed by atoms with van der Waals surface area (Å²) in [7, 11) is 0. The molecule has 0 saturated carbocycles. The van der Waals surface area contributed by atoms with Gasteiger partial charge in [0.25, 0.3) is 0 Å². The van der Waals surface area contributed by atoms with Crippen molar-refractivity contribution in [3.05, 3.63) is 164 Å². The molecule has 0 fully saturated rings. The van der Waals surface area contributed by atoms with Crippen LogP contribution < -0.4 is 0 Å². The summed E-state index contributed by atoms with van der Waals surface area (Å²) in [5, 5.41) is 4.54. The summed E-state index contributed by atoms with van der Waals surface area (Å²) in [4.78, 5) is 15.5. The molecular formula is C45H27N3OS. The predicted octanol–water partition coefficient (Wildman–Crippen LogP) is 12.5. The molecule has 0 aliphatic rings. The number of thiophene rings is 1. The number of rotatable bonds is 5. The molecule has 10 rings (SSSR count). The lowest BCUT2D eigenvalue weighted by Gasteiger charge is -2.13. The van der Waals surface area contributed by atoms with E-state index >= 15 is 0 Å². The van der Waals surface area contributed by atoms with Crippen LogP contribution in [0.25, 0.3) is 98.5 Å². The molecule has 0 aliphatic carbocycles. The van der Waals surface area contributed by atoms with Crippen molar-refractivity contribution in [2.24, 2.45) is 0 Å². The first-order valence-corrected chi connectivity index (χ1v) is 17.4. The van der Waals surface area contributed by atoms with Crippen LogP contribution in [-0.2, 0) is 0 Å². The SMILES string of the molecule is c1ccc(-c2ccc(-c3ccccc3-c3nc(-c4ccc5sc6ccccc6c5c4)nc(-c4cccc5c4oc4ccccc45)n3)cc2)cc1. The van der Waals surface area contributed by atoms with Gasteiger partial charge in [-0.25, -0.2) is 15.0 Å². The second kappa shape index (κ2) is 11.6. The Hall–Kier alpha value is -6.43. The Morgan fingerprint density at radius 1 is 0.360 bits per heavy atom. The first-order valence-electron chi connectivity index (χ1n) is 16.6. The summed E-state index contributed by atoms with van der Waals surface area (Å²) in [5.41, 5.74) is 8.81. The zero-order chi connectivity index (χ0) is 33.0. The van der Waals surface area contributed by atoms with E-state index in [1.807, 2.05) is 36.4 Å². The third-order valence-corrected chi connectivity index (χ3v) is 10.5. The average Bonchev–Trinajstić information content (AvgIpc) is 3.76. The second-order valence-electron chi connectivity index (χ2n) is 12.4. The molecule has 0 aliphatic heterocycles. The largest absolute Gasteiger partial charge is 0.455 e. The molecule has 3 heterocycles. The van der Waals surface area contributed by atoms with Crippen molar-refractivity contribution < 1.29 is 4.42 Å². The molecule has 0 unspecified atom stereocenters. The number of fused-ring (bicyclic) bond motifs is 6. The lowest BCUT2D eigenvalue weighted by Crippen LogP contribution is -2.01. The molecule has 234 valence electrons. The van der Waals surface area contributed by atoms with E-state index in [1.165, 1.54) is 31.3 Å². The highest BCUT2D eigenvalue weighted by atomic mass is 32.1. The molecule has 3 aromatic heterocycles. The average molecular weight is 658 g/mol. The normalized spacial score (nSPS) is 11.6. The van der Waals surface area contributed by atoms with Gasteiger partial charge in [-0.3, -0.25) is 0 Å². The molecule has 0 bridgehead atoms. The van der Waals surface area contributed by atoms with Gasteiger partial charge in [0.05, 0.1) is 5.56 Å². The maximum absolute atomic E-state index is 6.47. The minimum atomic E-state index is 0.569. The molecule has 10 aromatic rings. The Kier molecular flexibility index (Phi) is 6.64. The Bertz CT molecular complexity index is 2870. The van der Waals surface area contributed by atoms with E-state index in [-0.39, 0.29) is 0 Å². The van der Waals surface area contributed by atoms with Gasteiger partial charge in [0, 0.05) is 42.1 Å². The van der Waals surface area contributed by atoms with Crippen LogP contribution in [0.2, 0.25) is 0 Å². The number of hydrogen-bond acceptors (Lipinski definition) is 5. The summed E-state index contributed by atoms with van der Waals surface area (Å²) >= 11 is 1.80. The Labute approximate surface area is 292 Å². The fraction of sp³-hybridized carbons (Fsp3) is 0. The van der Waals surface area contributed by atoms with Crippen LogP contribution in [0.5, 0.6) is 0 Å². The molecule has 0 radical (unpaired) electrons. The van der Waals surface area contributed by atoms with E-state index < -0.39 is 0 Å². The van der Waals surface area contributed by atoms with Crippen molar-refractivity contribution in [3.63, 3.8) is 0 Å². The molecule has 7 aromatic carbocycles. The second-order valence-corrected chi connectivity index (χ2v) is 13.5. The standard InChI is InChI=1S/C45H27N3OS/c1-2-11-28(12-3-1)29-21-23-30(24-22-29)32-13-4-5-16-36(32)44-46-43(31-25-26-41-38(27-31)34-15-7-9-20-40(34)50-41)47-45(48-44)37-18-10-17-35-33-14-6-8-19-39(33)49-42(35)37/h1-27H. The van der Waals surface area contributed by atoms with Crippen LogP contribution in [0.1, 0.15) is 0 Å². The third-order valence-electron chi connectivity index (χ3n) is 9.39. The molecule has 0 atom stereocenters. The van der Waals surface area contributed by atoms with Gasteiger partial charge in [-0.1, -0.05) is 127 Å². The number of nitrogens with zero attached hydrogens (tertiary/aromatic N) is 3. The van der Waals surface area contributed by atoms with Crippen molar-refractivity contribution in [2.75, 3.05) is 0 Å². The Morgan fingerprint density at radius 2 is 0.940 bits per heavy atom. The molecule has 0 spiro atoms. The van der Waals surface area contributed by atoms with Crippen molar-refractivity contribution in [1.29, 1.82) is 0 Å². The quantitative estimate of drug-likeness (QED) is 0.185. The molecule has 50 heavy (non-hydrogen) atoms. The predicted molar refractivity (Wildman–Crippen MR) is 207 cm³/mol. The van der Waals surface area contributed by atoms with Crippen LogP contribution in [-0.4, -0.2) is 15.0 Å². The summed E-state index contributed by atoms with van der Waals surface area (Å²) in [6, 6.07) is 56.9. The smallest absolute Gasteiger partial charge is 0.167 e. The summed E-state index contributed by atoms with van der Waals surface area (Å²) in [6.07, 6.45) is 0. The highest BCUT2D eigenvalue weighted by Crippen LogP contribution is 2.39. The number of aromatic nitrogens is 3. The number of para-hydroxylation sites is 2. The van der Waals surface area contributed by atoms with Gasteiger partial charge in [0.15, 0.2) is 17.5 Å². The maximum atomic E-state index is 6.47. The van der Waals surface area contributed by atoms with E-state index in [9.17, 15) is 0 Å². The molecular weight excluding hydrogens is 631 g/mol. The van der Waals surface area contributed by atoms with E-state index in [1.54, 1.807) is 11.3 Å². The molecule has 5 heteroatoms. The number of furan rings is 1. The maximum Gasteiger partial charge on any atom is 0.167 e.